The third kappa shape index (κ3) is 2.65. The maximum Gasteiger partial charge on any atom is 0.360 e. The van der Waals surface area contributed by atoms with E-state index in [0.29, 0.717) is 11.3 Å². The van der Waals surface area contributed by atoms with Gasteiger partial charge in [-0.2, -0.15) is 0 Å². The van der Waals surface area contributed by atoms with Crippen LogP contribution in [-0.4, -0.2) is 19.0 Å². The first kappa shape index (κ1) is 14.1. The molecule has 0 amide bonds. The summed E-state index contributed by atoms with van der Waals surface area (Å²) in [6.45, 7) is 6.09. The van der Waals surface area contributed by atoms with E-state index in [-0.39, 0.29) is 5.63 Å². The molecule has 0 aliphatic carbocycles. The predicted octanol–water partition coefficient (Wildman–Crippen LogP) is 3.62. The minimum Gasteiger partial charge on any atom is -0.421 e. The first-order valence-electron chi connectivity index (χ1n) is 7.10. The van der Waals surface area contributed by atoms with Crippen molar-refractivity contribution in [1.29, 1.82) is 0 Å². The standard InChI is InChI=1S/C16H18N2O2S/c1-3-17(4-2)13-6-5-12-9-14(18-7-8-21-11-18)16(19)20-15(12)10-13/h5-10H,3-4,11H2,1-2H3. The highest BCUT2D eigenvalue weighted by Gasteiger charge is 2.14. The number of rotatable bonds is 4. The summed E-state index contributed by atoms with van der Waals surface area (Å²) in [5.41, 5.74) is 2.04. The molecule has 0 radical (unpaired) electrons. The lowest BCUT2D eigenvalue weighted by atomic mass is 10.2. The van der Waals surface area contributed by atoms with Gasteiger partial charge in [0.05, 0.1) is 5.88 Å². The molecule has 4 nitrogen and oxygen atoms in total. The zero-order valence-electron chi connectivity index (χ0n) is 12.2. The van der Waals surface area contributed by atoms with Crippen LogP contribution in [0.4, 0.5) is 11.4 Å². The summed E-state index contributed by atoms with van der Waals surface area (Å²) in [4.78, 5) is 16.3. The second-order valence-electron chi connectivity index (χ2n) is 4.86. The van der Waals surface area contributed by atoms with Crippen molar-refractivity contribution in [3.8, 4) is 0 Å². The Morgan fingerprint density at radius 3 is 2.76 bits per heavy atom. The van der Waals surface area contributed by atoms with E-state index in [1.54, 1.807) is 11.8 Å². The molecule has 0 N–H and O–H groups in total. The van der Waals surface area contributed by atoms with Gasteiger partial charge >= 0.3 is 5.63 Å². The van der Waals surface area contributed by atoms with E-state index in [1.165, 1.54) is 0 Å². The lowest BCUT2D eigenvalue weighted by Gasteiger charge is -2.21. The fraction of sp³-hybridized carbons (Fsp3) is 0.312. The second-order valence-corrected chi connectivity index (χ2v) is 5.73. The van der Waals surface area contributed by atoms with Crippen LogP contribution in [0.5, 0.6) is 0 Å². The maximum atomic E-state index is 12.2. The summed E-state index contributed by atoms with van der Waals surface area (Å²) < 4.78 is 5.52. The summed E-state index contributed by atoms with van der Waals surface area (Å²) >= 11 is 1.66. The average Bonchev–Trinajstić information content (AvgIpc) is 3.01. The molecule has 2 aromatic rings. The van der Waals surface area contributed by atoms with Gasteiger partial charge in [-0.15, -0.1) is 11.8 Å². The molecule has 1 aliphatic rings. The van der Waals surface area contributed by atoms with Gasteiger partial charge in [0, 0.05) is 36.4 Å². The Bertz CT molecular complexity index is 735. The van der Waals surface area contributed by atoms with Gasteiger partial charge in [0.15, 0.2) is 0 Å². The van der Waals surface area contributed by atoms with Crippen molar-refractivity contribution in [2.24, 2.45) is 0 Å². The number of anilines is 2. The fourth-order valence-corrected chi connectivity index (χ4v) is 3.21. The molecular formula is C16H18N2O2S. The second kappa shape index (κ2) is 5.85. The fourth-order valence-electron chi connectivity index (χ4n) is 2.51. The number of thioether (sulfide) groups is 1. The van der Waals surface area contributed by atoms with Crippen molar-refractivity contribution in [3.05, 3.63) is 46.3 Å². The molecule has 0 saturated carbocycles. The molecule has 1 aromatic carbocycles. The van der Waals surface area contributed by atoms with Gasteiger partial charge < -0.3 is 14.2 Å². The van der Waals surface area contributed by atoms with Gasteiger partial charge in [-0.3, -0.25) is 0 Å². The number of hydrogen-bond donors (Lipinski definition) is 0. The molecule has 0 spiro atoms. The van der Waals surface area contributed by atoms with Crippen LogP contribution in [0, 0.1) is 0 Å². The largest absolute Gasteiger partial charge is 0.421 e. The van der Waals surface area contributed by atoms with E-state index in [0.717, 1.165) is 30.0 Å². The van der Waals surface area contributed by atoms with E-state index in [9.17, 15) is 4.79 Å². The van der Waals surface area contributed by atoms with Crippen molar-refractivity contribution in [2.75, 3.05) is 28.8 Å². The van der Waals surface area contributed by atoms with Gasteiger partial charge in [0.2, 0.25) is 0 Å². The van der Waals surface area contributed by atoms with Crippen molar-refractivity contribution in [3.63, 3.8) is 0 Å². The smallest absolute Gasteiger partial charge is 0.360 e. The lowest BCUT2D eigenvalue weighted by Crippen LogP contribution is -2.22. The molecule has 3 rings (SSSR count). The number of nitrogens with zero attached hydrogens (tertiary/aromatic N) is 2. The van der Waals surface area contributed by atoms with E-state index in [1.807, 2.05) is 34.7 Å². The van der Waals surface area contributed by atoms with Crippen molar-refractivity contribution < 1.29 is 4.42 Å². The molecule has 1 aromatic heterocycles. The van der Waals surface area contributed by atoms with Crippen LogP contribution >= 0.6 is 11.8 Å². The summed E-state index contributed by atoms with van der Waals surface area (Å²) in [5.74, 6) is 0.758. The molecule has 0 bridgehead atoms. The molecule has 110 valence electrons. The van der Waals surface area contributed by atoms with Crippen LogP contribution in [-0.2, 0) is 0 Å². The Labute approximate surface area is 128 Å². The van der Waals surface area contributed by atoms with E-state index >= 15 is 0 Å². The molecular weight excluding hydrogens is 284 g/mol. The van der Waals surface area contributed by atoms with Crippen LogP contribution < -0.4 is 15.4 Å². The highest BCUT2D eigenvalue weighted by Crippen LogP contribution is 2.26. The SMILES string of the molecule is CCN(CC)c1ccc2cc(N3C=CSC3)c(=O)oc2c1. The molecule has 5 heteroatoms. The molecule has 0 unspecified atom stereocenters. The van der Waals surface area contributed by atoms with E-state index in [2.05, 4.69) is 24.8 Å². The number of fused-ring (bicyclic) bond motifs is 1. The number of hydrogen-bond acceptors (Lipinski definition) is 5. The Kier molecular flexibility index (Phi) is 3.92. The minimum absolute atomic E-state index is 0.286. The first-order valence-corrected chi connectivity index (χ1v) is 8.15. The normalized spacial score (nSPS) is 14.1. The summed E-state index contributed by atoms with van der Waals surface area (Å²) in [5, 5.41) is 2.93. The van der Waals surface area contributed by atoms with Crippen molar-refractivity contribution >= 4 is 34.1 Å². The molecule has 0 atom stereocenters. The third-order valence-corrected chi connectivity index (χ3v) is 4.43. The molecule has 0 saturated heterocycles. The molecule has 2 heterocycles. The monoisotopic (exact) mass is 302 g/mol. The predicted molar refractivity (Wildman–Crippen MR) is 90.1 cm³/mol. The van der Waals surface area contributed by atoms with Crippen LogP contribution in [0.25, 0.3) is 11.0 Å². The molecule has 21 heavy (non-hydrogen) atoms. The highest BCUT2D eigenvalue weighted by atomic mass is 32.2. The summed E-state index contributed by atoms with van der Waals surface area (Å²) in [6.07, 6.45) is 1.91. The van der Waals surface area contributed by atoms with Crippen LogP contribution in [0.2, 0.25) is 0 Å². The van der Waals surface area contributed by atoms with Gasteiger partial charge in [-0.1, -0.05) is 0 Å². The highest BCUT2D eigenvalue weighted by molar-refractivity contribution is 8.02. The van der Waals surface area contributed by atoms with Crippen LogP contribution in [0.1, 0.15) is 13.8 Å². The van der Waals surface area contributed by atoms with Crippen molar-refractivity contribution in [1.82, 2.24) is 0 Å². The quantitative estimate of drug-likeness (QED) is 0.806. The van der Waals surface area contributed by atoms with Gasteiger partial charge in [-0.25, -0.2) is 4.79 Å². The van der Waals surface area contributed by atoms with Gasteiger partial charge in [-0.05, 0) is 37.5 Å². The first-order chi connectivity index (χ1) is 10.2. The van der Waals surface area contributed by atoms with Crippen LogP contribution in [0.3, 0.4) is 0 Å². The minimum atomic E-state index is -0.286. The average molecular weight is 302 g/mol. The van der Waals surface area contributed by atoms with E-state index < -0.39 is 0 Å². The van der Waals surface area contributed by atoms with Gasteiger partial charge in [0.1, 0.15) is 11.3 Å². The lowest BCUT2D eigenvalue weighted by molar-refractivity contribution is 0.561. The molecule has 1 aliphatic heterocycles. The topological polar surface area (TPSA) is 36.7 Å². The Morgan fingerprint density at radius 2 is 2.10 bits per heavy atom. The van der Waals surface area contributed by atoms with E-state index in [4.69, 9.17) is 4.42 Å². The number of benzene rings is 1. The Balaban J connectivity index is 2.06. The maximum absolute atomic E-state index is 12.2. The third-order valence-electron chi connectivity index (χ3n) is 3.69. The van der Waals surface area contributed by atoms with Crippen LogP contribution in [0.15, 0.2) is 45.1 Å². The Hall–Kier alpha value is -1.88. The van der Waals surface area contributed by atoms with Gasteiger partial charge in [0.25, 0.3) is 0 Å². The summed E-state index contributed by atoms with van der Waals surface area (Å²) in [6, 6.07) is 7.95. The van der Waals surface area contributed by atoms with Crippen molar-refractivity contribution in [2.45, 2.75) is 13.8 Å². The Morgan fingerprint density at radius 1 is 1.29 bits per heavy atom. The zero-order valence-corrected chi connectivity index (χ0v) is 13.0. The zero-order chi connectivity index (χ0) is 14.8. The summed E-state index contributed by atoms with van der Waals surface area (Å²) in [7, 11) is 0. The molecule has 0 fully saturated rings.